The summed E-state index contributed by atoms with van der Waals surface area (Å²) in [6.45, 7) is 1.19. The summed E-state index contributed by atoms with van der Waals surface area (Å²) in [6.07, 6.45) is 3.65. The lowest BCUT2D eigenvalue weighted by Crippen LogP contribution is -2.35. The third-order valence-corrected chi connectivity index (χ3v) is 5.62. The van der Waals surface area contributed by atoms with Gasteiger partial charge in [0.1, 0.15) is 16.0 Å². The molecule has 9 heteroatoms. The Morgan fingerprint density at radius 1 is 1.28 bits per heavy atom. The first kappa shape index (κ1) is 17.6. The van der Waals surface area contributed by atoms with Crippen LogP contribution in [0.25, 0.3) is 21.5 Å². The van der Waals surface area contributed by atoms with Gasteiger partial charge in [-0.05, 0) is 18.2 Å². The molecule has 2 N–H and O–H groups in total. The molecule has 0 radical (unpaired) electrons. The fraction of sp³-hybridized carbons (Fsp3) is 0.150. The molecule has 1 aromatic carbocycles. The van der Waals surface area contributed by atoms with E-state index in [2.05, 4.69) is 20.6 Å². The Hall–Kier alpha value is -3.46. The number of nitrogens with one attached hydrogen (secondary N) is 2. The van der Waals surface area contributed by atoms with Crippen molar-refractivity contribution in [3.8, 4) is 16.9 Å². The SMILES string of the molecule is COc1c(F)cccc1Nc1c(-c2ccnc3scnc23)cn2c1C(=O)NCC2. The zero-order valence-electron chi connectivity index (χ0n) is 15.4. The topological polar surface area (TPSA) is 81.1 Å². The van der Waals surface area contributed by atoms with E-state index >= 15 is 0 Å². The van der Waals surface area contributed by atoms with Crippen molar-refractivity contribution in [1.82, 2.24) is 19.9 Å². The number of ether oxygens (including phenoxy) is 1. The van der Waals surface area contributed by atoms with Crippen LogP contribution in [0.15, 0.2) is 42.2 Å². The number of carbonyl (C=O) groups is 1. The molecule has 29 heavy (non-hydrogen) atoms. The van der Waals surface area contributed by atoms with Gasteiger partial charge in [0.25, 0.3) is 5.91 Å². The lowest BCUT2D eigenvalue weighted by atomic mass is 10.1. The van der Waals surface area contributed by atoms with Crippen LogP contribution >= 0.6 is 11.3 Å². The van der Waals surface area contributed by atoms with Crippen LogP contribution in [0, 0.1) is 5.82 Å². The van der Waals surface area contributed by atoms with E-state index in [-0.39, 0.29) is 11.7 Å². The van der Waals surface area contributed by atoms with Gasteiger partial charge in [0.2, 0.25) is 0 Å². The van der Waals surface area contributed by atoms with E-state index in [4.69, 9.17) is 4.74 Å². The van der Waals surface area contributed by atoms with E-state index < -0.39 is 5.82 Å². The molecule has 3 aromatic heterocycles. The van der Waals surface area contributed by atoms with Crippen LogP contribution in [0.3, 0.4) is 0 Å². The van der Waals surface area contributed by atoms with E-state index in [0.29, 0.717) is 30.2 Å². The molecule has 0 atom stereocenters. The van der Waals surface area contributed by atoms with Gasteiger partial charge in [0.05, 0.1) is 24.0 Å². The largest absolute Gasteiger partial charge is 0.492 e. The summed E-state index contributed by atoms with van der Waals surface area (Å²) < 4.78 is 21.4. The summed E-state index contributed by atoms with van der Waals surface area (Å²) in [5, 5.41) is 6.11. The van der Waals surface area contributed by atoms with Gasteiger partial charge in [-0.25, -0.2) is 14.4 Å². The molecule has 0 bridgehead atoms. The number of hydrogen-bond acceptors (Lipinski definition) is 6. The number of fused-ring (bicyclic) bond motifs is 2. The molecular formula is C20H16FN5O2S. The van der Waals surface area contributed by atoms with Crippen molar-refractivity contribution in [2.75, 3.05) is 19.0 Å². The van der Waals surface area contributed by atoms with Crippen LogP contribution in [0.1, 0.15) is 10.5 Å². The monoisotopic (exact) mass is 409 g/mol. The number of para-hydroxylation sites is 1. The number of hydrogen-bond donors (Lipinski definition) is 2. The predicted octanol–water partition coefficient (Wildman–Crippen LogP) is 3.79. The van der Waals surface area contributed by atoms with E-state index in [1.165, 1.54) is 24.5 Å². The molecule has 0 spiro atoms. The second-order valence-corrected chi connectivity index (χ2v) is 7.36. The Bertz CT molecular complexity index is 1250. The number of rotatable bonds is 4. The molecule has 4 heterocycles. The number of thiazole rings is 1. The Labute approximate surface area is 169 Å². The zero-order valence-corrected chi connectivity index (χ0v) is 16.2. The van der Waals surface area contributed by atoms with E-state index in [9.17, 15) is 9.18 Å². The number of nitrogens with zero attached hydrogens (tertiary/aromatic N) is 3. The van der Waals surface area contributed by atoms with Crippen LogP contribution in [0.5, 0.6) is 5.75 Å². The highest BCUT2D eigenvalue weighted by atomic mass is 32.1. The molecule has 0 aliphatic carbocycles. The quantitative estimate of drug-likeness (QED) is 0.536. The van der Waals surface area contributed by atoms with Crippen molar-refractivity contribution in [3.63, 3.8) is 0 Å². The minimum absolute atomic E-state index is 0.0863. The fourth-order valence-corrected chi connectivity index (χ4v) is 4.28. The standard InChI is InChI=1S/C20H16FN5O2S/c1-28-18-13(21)3-2-4-14(18)25-15-12(9-26-8-7-22-19(27)17(15)26)11-5-6-23-20-16(11)24-10-29-20/h2-6,9-10,25H,7-8H2,1H3,(H,22,27). The van der Waals surface area contributed by atoms with E-state index in [1.54, 1.807) is 23.8 Å². The van der Waals surface area contributed by atoms with Crippen molar-refractivity contribution < 1.29 is 13.9 Å². The lowest BCUT2D eigenvalue weighted by Gasteiger charge is -2.18. The maximum absolute atomic E-state index is 14.2. The first-order valence-electron chi connectivity index (χ1n) is 8.97. The molecule has 0 saturated heterocycles. The summed E-state index contributed by atoms with van der Waals surface area (Å²) in [4.78, 5) is 22.3. The third-order valence-electron chi connectivity index (χ3n) is 4.89. The van der Waals surface area contributed by atoms with Crippen molar-refractivity contribution in [3.05, 3.63) is 53.7 Å². The molecule has 0 saturated carbocycles. The van der Waals surface area contributed by atoms with Gasteiger partial charge in [-0.15, -0.1) is 11.3 Å². The van der Waals surface area contributed by atoms with Crippen LogP contribution in [-0.4, -0.2) is 34.1 Å². The summed E-state index contributed by atoms with van der Waals surface area (Å²) in [5.41, 5.74) is 5.64. The third kappa shape index (κ3) is 2.82. The first-order valence-corrected chi connectivity index (χ1v) is 9.84. The van der Waals surface area contributed by atoms with Crippen LogP contribution in [0.4, 0.5) is 15.8 Å². The summed E-state index contributed by atoms with van der Waals surface area (Å²) in [5.74, 6) is -0.588. The second-order valence-electron chi connectivity index (χ2n) is 6.53. The highest BCUT2D eigenvalue weighted by Gasteiger charge is 2.27. The van der Waals surface area contributed by atoms with Crippen molar-refractivity contribution >= 4 is 39.0 Å². The number of halogens is 1. The van der Waals surface area contributed by atoms with Crippen molar-refractivity contribution in [2.24, 2.45) is 0 Å². The number of amides is 1. The minimum atomic E-state index is -0.484. The number of pyridine rings is 1. The Morgan fingerprint density at radius 2 is 2.17 bits per heavy atom. The van der Waals surface area contributed by atoms with Gasteiger partial charge in [-0.3, -0.25) is 4.79 Å². The van der Waals surface area contributed by atoms with Crippen LogP contribution in [0.2, 0.25) is 0 Å². The fourth-order valence-electron chi connectivity index (χ4n) is 3.62. The lowest BCUT2D eigenvalue weighted by molar-refractivity contribution is 0.0929. The second kappa shape index (κ2) is 6.85. The molecule has 1 amide bonds. The Kier molecular flexibility index (Phi) is 4.17. The number of methoxy groups -OCH3 is 1. The summed E-state index contributed by atoms with van der Waals surface area (Å²) >= 11 is 1.45. The molecule has 1 aliphatic heterocycles. The predicted molar refractivity (Wildman–Crippen MR) is 109 cm³/mol. The Morgan fingerprint density at radius 3 is 3.03 bits per heavy atom. The molecular weight excluding hydrogens is 393 g/mol. The average molecular weight is 409 g/mol. The summed E-state index contributed by atoms with van der Waals surface area (Å²) in [6, 6.07) is 6.50. The molecule has 5 rings (SSSR count). The number of benzene rings is 1. The van der Waals surface area contributed by atoms with E-state index in [0.717, 1.165) is 21.5 Å². The maximum atomic E-state index is 14.2. The van der Waals surface area contributed by atoms with Crippen LogP contribution < -0.4 is 15.4 Å². The van der Waals surface area contributed by atoms with Gasteiger partial charge in [-0.1, -0.05) is 6.07 Å². The normalized spacial score (nSPS) is 13.2. The molecule has 1 aliphatic rings. The van der Waals surface area contributed by atoms with Crippen LogP contribution in [-0.2, 0) is 6.54 Å². The first-order chi connectivity index (χ1) is 14.2. The average Bonchev–Trinajstić information content (AvgIpc) is 3.34. The van der Waals surface area contributed by atoms with Gasteiger partial charge >= 0.3 is 0 Å². The van der Waals surface area contributed by atoms with E-state index in [1.807, 2.05) is 16.8 Å². The minimum Gasteiger partial charge on any atom is -0.492 e. The van der Waals surface area contributed by atoms with Gasteiger partial charge in [-0.2, -0.15) is 0 Å². The van der Waals surface area contributed by atoms with Gasteiger partial charge in [0.15, 0.2) is 11.6 Å². The molecule has 4 aromatic rings. The zero-order chi connectivity index (χ0) is 20.0. The number of anilines is 2. The smallest absolute Gasteiger partial charge is 0.270 e. The van der Waals surface area contributed by atoms with Gasteiger partial charge < -0.3 is 19.9 Å². The summed E-state index contributed by atoms with van der Waals surface area (Å²) in [7, 11) is 1.41. The van der Waals surface area contributed by atoms with Gasteiger partial charge in [0, 0.05) is 36.6 Å². The highest BCUT2D eigenvalue weighted by Crippen LogP contribution is 2.41. The van der Waals surface area contributed by atoms with Crippen molar-refractivity contribution in [1.29, 1.82) is 0 Å². The van der Waals surface area contributed by atoms with Crippen molar-refractivity contribution in [2.45, 2.75) is 6.54 Å². The molecule has 0 fully saturated rings. The Balaban J connectivity index is 1.74. The molecule has 7 nitrogen and oxygen atoms in total. The number of carbonyl (C=O) groups excluding carboxylic acids is 1. The highest BCUT2D eigenvalue weighted by molar-refractivity contribution is 7.16. The molecule has 0 unspecified atom stereocenters. The number of aromatic nitrogens is 3. The molecule has 146 valence electrons. The maximum Gasteiger partial charge on any atom is 0.270 e.